The molecule has 12 heavy (non-hydrogen) atoms. The molecule has 0 spiro atoms. The van der Waals surface area contributed by atoms with Crippen LogP contribution in [0.4, 0.5) is 5.69 Å². The van der Waals surface area contributed by atoms with Crippen molar-refractivity contribution >= 4 is 5.69 Å². The number of nitrogen functional groups attached to an aromatic ring is 1. The minimum Gasteiger partial charge on any atom is -0.460 e. The molecule has 0 aliphatic carbocycles. The highest BCUT2D eigenvalue weighted by molar-refractivity contribution is 5.68. The van der Waals surface area contributed by atoms with E-state index in [9.17, 15) is 0 Å². The maximum atomic E-state index is 5.69. The Morgan fingerprint density at radius 2 is 2.17 bits per heavy atom. The lowest BCUT2D eigenvalue weighted by atomic mass is 10.3. The quantitative estimate of drug-likeness (QED) is 0.675. The topological polar surface area (TPSA) is 55.0 Å². The van der Waals surface area contributed by atoms with E-state index in [0.717, 1.165) is 17.2 Å². The highest BCUT2D eigenvalue weighted by Crippen LogP contribution is 2.25. The number of furan rings is 1. The van der Waals surface area contributed by atoms with Gasteiger partial charge in [0.15, 0.2) is 5.76 Å². The third-order valence-electron chi connectivity index (χ3n) is 1.77. The second-order valence-electron chi connectivity index (χ2n) is 2.72. The minimum absolute atomic E-state index is 0.712. The number of aromatic nitrogens is 1. The fraction of sp³-hybridized carbons (Fsp3) is 0.111. The number of rotatable bonds is 1. The predicted molar refractivity (Wildman–Crippen MR) is 47.6 cm³/mol. The van der Waals surface area contributed by atoms with Crippen molar-refractivity contribution in [2.75, 3.05) is 5.73 Å². The third kappa shape index (κ3) is 0.993. The zero-order valence-corrected chi connectivity index (χ0v) is 6.79. The Kier molecular flexibility index (Phi) is 1.43. The monoisotopic (exact) mass is 162 g/mol. The Labute approximate surface area is 70.2 Å². The Hall–Kier alpha value is -1.64. The first-order valence-electron chi connectivity index (χ1n) is 3.77. The van der Waals surface area contributed by atoms with Gasteiger partial charge in [0, 0.05) is 6.20 Å². The van der Waals surface area contributed by atoms with E-state index in [4.69, 9.17) is 10.2 Å². The van der Waals surface area contributed by atoms with Crippen molar-refractivity contribution in [1.82, 2.24) is 4.98 Å². The van der Waals surface area contributed by atoms with Gasteiger partial charge < -0.3 is 15.1 Å². The number of aromatic amines is 1. The van der Waals surface area contributed by atoms with Crippen LogP contribution in [0.1, 0.15) is 5.76 Å². The summed E-state index contributed by atoms with van der Waals surface area (Å²) in [6, 6.07) is 5.63. The van der Waals surface area contributed by atoms with Crippen molar-refractivity contribution in [3.05, 3.63) is 30.2 Å². The van der Waals surface area contributed by atoms with Crippen LogP contribution in [0.2, 0.25) is 0 Å². The number of hydrogen-bond acceptors (Lipinski definition) is 2. The van der Waals surface area contributed by atoms with Crippen LogP contribution in [-0.4, -0.2) is 4.98 Å². The highest BCUT2D eigenvalue weighted by Gasteiger charge is 2.06. The fourth-order valence-electron chi connectivity index (χ4n) is 1.16. The molecule has 2 rings (SSSR count). The zero-order chi connectivity index (χ0) is 8.55. The standard InChI is InChI=1S/C9H10N2O/c1-6-2-3-8(12-6)9-7(10)4-5-11-9/h2-5,11H,10H2,1H3. The van der Waals surface area contributed by atoms with Gasteiger partial charge in [-0.2, -0.15) is 0 Å². The SMILES string of the molecule is Cc1ccc(-c2[nH]ccc2N)o1. The fourth-order valence-corrected chi connectivity index (χ4v) is 1.16. The van der Waals surface area contributed by atoms with Crippen LogP contribution in [0.3, 0.4) is 0 Å². The third-order valence-corrected chi connectivity index (χ3v) is 1.77. The lowest BCUT2D eigenvalue weighted by Crippen LogP contribution is -1.84. The summed E-state index contributed by atoms with van der Waals surface area (Å²) in [5.74, 6) is 1.68. The van der Waals surface area contributed by atoms with Gasteiger partial charge in [0.05, 0.1) is 5.69 Å². The lowest BCUT2D eigenvalue weighted by Gasteiger charge is -1.93. The van der Waals surface area contributed by atoms with Crippen LogP contribution < -0.4 is 5.73 Å². The molecule has 3 N–H and O–H groups in total. The van der Waals surface area contributed by atoms with E-state index < -0.39 is 0 Å². The molecule has 0 saturated heterocycles. The van der Waals surface area contributed by atoms with Gasteiger partial charge in [0.25, 0.3) is 0 Å². The number of anilines is 1. The maximum absolute atomic E-state index is 5.69. The molecule has 0 fully saturated rings. The minimum atomic E-state index is 0.712. The number of aryl methyl sites for hydroxylation is 1. The number of nitrogens with one attached hydrogen (secondary N) is 1. The van der Waals surface area contributed by atoms with E-state index in [0.29, 0.717) is 5.69 Å². The van der Waals surface area contributed by atoms with Crippen LogP contribution >= 0.6 is 0 Å². The molecular formula is C9H10N2O. The molecule has 2 aromatic rings. The van der Waals surface area contributed by atoms with Gasteiger partial charge in [-0.3, -0.25) is 0 Å². The number of H-pyrrole nitrogens is 1. The van der Waals surface area contributed by atoms with Crippen molar-refractivity contribution in [3.8, 4) is 11.5 Å². The Balaban J connectivity index is 2.50. The predicted octanol–water partition coefficient (Wildman–Crippen LogP) is 2.17. The van der Waals surface area contributed by atoms with Gasteiger partial charge >= 0.3 is 0 Å². The molecule has 2 aromatic heterocycles. The molecule has 2 heterocycles. The van der Waals surface area contributed by atoms with Crippen LogP contribution in [0, 0.1) is 6.92 Å². The summed E-state index contributed by atoms with van der Waals surface area (Å²) in [6.45, 7) is 1.91. The van der Waals surface area contributed by atoms with E-state index in [1.807, 2.05) is 25.1 Å². The van der Waals surface area contributed by atoms with E-state index in [2.05, 4.69) is 4.98 Å². The molecule has 0 aromatic carbocycles. The van der Waals surface area contributed by atoms with Crippen LogP contribution in [0.25, 0.3) is 11.5 Å². The summed E-state index contributed by atoms with van der Waals surface area (Å²) in [5.41, 5.74) is 7.25. The Bertz CT molecular complexity index is 387. The van der Waals surface area contributed by atoms with E-state index in [1.54, 1.807) is 6.20 Å². The zero-order valence-electron chi connectivity index (χ0n) is 6.79. The summed E-state index contributed by atoms with van der Waals surface area (Å²) in [6.07, 6.45) is 1.79. The molecule has 62 valence electrons. The van der Waals surface area contributed by atoms with Crippen molar-refractivity contribution in [2.24, 2.45) is 0 Å². The summed E-state index contributed by atoms with van der Waals surface area (Å²) >= 11 is 0. The van der Waals surface area contributed by atoms with Gasteiger partial charge in [-0.05, 0) is 25.1 Å². The largest absolute Gasteiger partial charge is 0.460 e. The number of nitrogens with two attached hydrogens (primary N) is 1. The molecule has 0 amide bonds. The summed E-state index contributed by atoms with van der Waals surface area (Å²) in [7, 11) is 0. The Morgan fingerprint density at radius 1 is 1.33 bits per heavy atom. The van der Waals surface area contributed by atoms with Gasteiger partial charge in [0.1, 0.15) is 11.5 Å². The van der Waals surface area contributed by atoms with Crippen molar-refractivity contribution < 1.29 is 4.42 Å². The van der Waals surface area contributed by atoms with Crippen molar-refractivity contribution in [3.63, 3.8) is 0 Å². The molecule has 0 atom stereocenters. The van der Waals surface area contributed by atoms with Gasteiger partial charge in [-0.1, -0.05) is 0 Å². The first-order valence-corrected chi connectivity index (χ1v) is 3.77. The van der Waals surface area contributed by atoms with E-state index in [-0.39, 0.29) is 0 Å². The normalized spacial score (nSPS) is 10.4. The smallest absolute Gasteiger partial charge is 0.152 e. The van der Waals surface area contributed by atoms with Gasteiger partial charge in [0.2, 0.25) is 0 Å². The summed E-state index contributed by atoms with van der Waals surface area (Å²) in [5, 5.41) is 0. The summed E-state index contributed by atoms with van der Waals surface area (Å²) in [4.78, 5) is 3.02. The molecule has 0 saturated carbocycles. The molecule has 0 aliphatic rings. The molecule has 0 unspecified atom stereocenters. The van der Waals surface area contributed by atoms with Gasteiger partial charge in [-0.25, -0.2) is 0 Å². The second kappa shape index (κ2) is 2.44. The molecular weight excluding hydrogens is 152 g/mol. The first kappa shape index (κ1) is 7.03. The molecule has 0 radical (unpaired) electrons. The van der Waals surface area contributed by atoms with E-state index in [1.165, 1.54) is 0 Å². The van der Waals surface area contributed by atoms with Crippen LogP contribution in [-0.2, 0) is 0 Å². The Morgan fingerprint density at radius 3 is 2.67 bits per heavy atom. The van der Waals surface area contributed by atoms with Crippen molar-refractivity contribution in [1.29, 1.82) is 0 Å². The summed E-state index contributed by atoms with van der Waals surface area (Å²) < 4.78 is 5.40. The van der Waals surface area contributed by atoms with Crippen LogP contribution in [0.15, 0.2) is 28.8 Å². The number of hydrogen-bond donors (Lipinski definition) is 2. The maximum Gasteiger partial charge on any atom is 0.152 e. The second-order valence-corrected chi connectivity index (χ2v) is 2.72. The lowest BCUT2D eigenvalue weighted by molar-refractivity contribution is 0.547. The average molecular weight is 162 g/mol. The van der Waals surface area contributed by atoms with E-state index >= 15 is 0 Å². The molecule has 3 nitrogen and oxygen atoms in total. The average Bonchev–Trinajstić information content (AvgIpc) is 2.58. The van der Waals surface area contributed by atoms with Gasteiger partial charge in [-0.15, -0.1) is 0 Å². The molecule has 0 bridgehead atoms. The molecule has 0 aliphatic heterocycles. The molecule has 3 heteroatoms. The highest BCUT2D eigenvalue weighted by atomic mass is 16.3. The van der Waals surface area contributed by atoms with Crippen molar-refractivity contribution in [2.45, 2.75) is 6.92 Å². The first-order chi connectivity index (χ1) is 5.77. The van der Waals surface area contributed by atoms with Crippen LogP contribution in [0.5, 0.6) is 0 Å².